The van der Waals surface area contributed by atoms with Crippen molar-refractivity contribution >= 4 is 34.8 Å². The third-order valence-electron chi connectivity index (χ3n) is 4.46. The normalized spacial score (nSPS) is 14.0. The predicted octanol–water partition coefficient (Wildman–Crippen LogP) is 3.37. The highest BCUT2D eigenvalue weighted by Gasteiger charge is 2.22. The molecular formula is C20H19F2N3O3. The number of piperidine rings is 1. The minimum atomic E-state index is -1.13. The van der Waals surface area contributed by atoms with E-state index in [9.17, 15) is 23.2 Å². The molecule has 28 heavy (non-hydrogen) atoms. The monoisotopic (exact) mass is 387 g/mol. The summed E-state index contributed by atoms with van der Waals surface area (Å²) in [4.78, 5) is 38.0. The van der Waals surface area contributed by atoms with E-state index < -0.39 is 23.4 Å². The van der Waals surface area contributed by atoms with E-state index in [1.54, 1.807) is 23.1 Å². The van der Waals surface area contributed by atoms with Gasteiger partial charge in [-0.05, 0) is 49.6 Å². The van der Waals surface area contributed by atoms with Gasteiger partial charge < -0.3 is 15.5 Å². The number of aryl methyl sites for hydroxylation is 1. The number of carbonyl (C=O) groups is 3. The Bertz CT molecular complexity index is 946. The first-order valence-electron chi connectivity index (χ1n) is 8.83. The van der Waals surface area contributed by atoms with E-state index in [1.165, 1.54) is 0 Å². The lowest BCUT2D eigenvalue weighted by Crippen LogP contribution is -2.35. The van der Waals surface area contributed by atoms with Crippen LogP contribution in [0.25, 0.3) is 0 Å². The minimum Gasteiger partial charge on any atom is -0.318 e. The Morgan fingerprint density at radius 2 is 1.57 bits per heavy atom. The lowest BCUT2D eigenvalue weighted by atomic mass is 10.1. The molecule has 146 valence electrons. The number of nitrogens with one attached hydrogen (secondary N) is 2. The van der Waals surface area contributed by atoms with Crippen molar-refractivity contribution in [1.29, 1.82) is 0 Å². The molecule has 0 spiro atoms. The molecular weight excluding hydrogens is 368 g/mol. The molecule has 8 heteroatoms. The van der Waals surface area contributed by atoms with Crippen molar-refractivity contribution in [3.8, 4) is 0 Å². The summed E-state index contributed by atoms with van der Waals surface area (Å²) < 4.78 is 26.1. The van der Waals surface area contributed by atoms with Crippen LogP contribution in [0.4, 0.5) is 25.8 Å². The summed E-state index contributed by atoms with van der Waals surface area (Å²) in [6, 6.07) is 7.80. The van der Waals surface area contributed by atoms with Crippen LogP contribution < -0.4 is 15.5 Å². The number of nitrogens with zero attached hydrogens (tertiary/aromatic N) is 1. The van der Waals surface area contributed by atoms with Crippen LogP contribution in [-0.4, -0.2) is 24.3 Å². The molecule has 0 atom stereocenters. The molecule has 0 bridgehead atoms. The second-order valence-corrected chi connectivity index (χ2v) is 6.54. The summed E-state index contributed by atoms with van der Waals surface area (Å²) in [6.07, 6.45) is 2.24. The van der Waals surface area contributed by atoms with Crippen LogP contribution in [0, 0.1) is 18.6 Å². The number of anilines is 3. The number of hydrogen-bond acceptors (Lipinski definition) is 3. The fourth-order valence-corrected chi connectivity index (χ4v) is 2.99. The van der Waals surface area contributed by atoms with Crippen molar-refractivity contribution in [3.63, 3.8) is 0 Å². The molecule has 0 unspecified atom stereocenters. The molecule has 1 fully saturated rings. The van der Waals surface area contributed by atoms with Gasteiger partial charge in [0.2, 0.25) is 5.91 Å². The van der Waals surface area contributed by atoms with E-state index in [4.69, 9.17) is 0 Å². The molecule has 3 rings (SSSR count). The molecule has 2 aromatic rings. The number of rotatable bonds is 3. The summed E-state index contributed by atoms with van der Waals surface area (Å²) in [5, 5.41) is 4.66. The van der Waals surface area contributed by atoms with Crippen LogP contribution in [-0.2, 0) is 14.4 Å². The Kier molecular flexibility index (Phi) is 5.67. The van der Waals surface area contributed by atoms with Gasteiger partial charge in [0, 0.05) is 36.1 Å². The fraction of sp³-hybridized carbons (Fsp3) is 0.250. The zero-order valence-electron chi connectivity index (χ0n) is 15.2. The lowest BCUT2D eigenvalue weighted by Gasteiger charge is -2.28. The van der Waals surface area contributed by atoms with Gasteiger partial charge in [0.1, 0.15) is 0 Å². The van der Waals surface area contributed by atoms with Crippen molar-refractivity contribution in [1.82, 2.24) is 0 Å². The average molecular weight is 387 g/mol. The van der Waals surface area contributed by atoms with Gasteiger partial charge in [0.05, 0.1) is 0 Å². The van der Waals surface area contributed by atoms with Crippen LogP contribution in [0.3, 0.4) is 0 Å². The first-order valence-corrected chi connectivity index (χ1v) is 8.83. The van der Waals surface area contributed by atoms with Gasteiger partial charge >= 0.3 is 11.8 Å². The van der Waals surface area contributed by atoms with Gasteiger partial charge in [0.15, 0.2) is 11.6 Å². The molecule has 1 aliphatic heterocycles. The van der Waals surface area contributed by atoms with Gasteiger partial charge in [-0.2, -0.15) is 0 Å². The summed E-state index contributed by atoms with van der Waals surface area (Å²) in [5.74, 6) is -4.16. The van der Waals surface area contributed by atoms with Gasteiger partial charge in [-0.1, -0.05) is 6.07 Å². The van der Waals surface area contributed by atoms with Gasteiger partial charge in [-0.15, -0.1) is 0 Å². The van der Waals surface area contributed by atoms with Crippen LogP contribution in [0.15, 0.2) is 36.4 Å². The molecule has 2 N–H and O–H groups in total. The second kappa shape index (κ2) is 8.16. The van der Waals surface area contributed by atoms with Crippen molar-refractivity contribution in [2.24, 2.45) is 0 Å². The maximum absolute atomic E-state index is 13.2. The molecule has 1 saturated heterocycles. The first kappa shape index (κ1) is 19.5. The molecule has 6 nitrogen and oxygen atoms in total. The predicted molar refractivity (Wildman–Crippen MR) is 101 cm³/mol. The zero-order valence-corrected chi connectivity index (χ0v) is 15.2. The largest absolute Gasteiger partial charge is 0.318 e. The molecule has 1 heterocycles. The number of halogens is 2. The van der Waals surface area contributed by atoms with Crippen molar-refractivity contribution in [2.75, 3.05) is 22.1 Å². The van der Waals surface area contributed by atoms with E-state index in [-0.39, 0.29) is 11.6 Å². The van der Waals surface area contributed by atoms with Crippen molar-refractivity contribution in [3.05, 3.63) is 53.6 Å². The number of carbonyl (C=O) groups excluding carboxylic acids is 3. The lowest BCUT2D eigenvalue weighted by molar-refractivity contribution is -0.133. The van der Waals surface area contributed by atoms with Crippen LogP contribution in [0.5, 0.6) is 0 Å². The Balaban J connectivity index is 1.71. The third-order valence-corrected chi connectivity index (χ3v) is 4.46. The maximum Gasteiger partial charge on any atom is 0.314 e. The van der Waals surface area contributed by atoms with E-state index >= 15 is 0 Å². The minimum absolute atomic E-state index is 0.0221. The smallest absolute Gasteiger partial charge is 0.314 e. The fourth-order valence-electron chi connectivity index (χ4n) is 2.99. The van der Waals surface area contributed by atoms with Gasteiger partial charge in [-0.25, -0.2) is 8.78 Å². The summed E-state index contributed by atoms with van der Waals surface area (Å²) in [5.41, 5.74) is 1.87. The average Bonchev–Trinajstić information content (AvgIpc) is 2.67. The quantitative estimate of drug-likeness (QED) is 0.793. The summed E-state index contributed by atoms with van der Waals surface area (Å²) in [6.45, 7) is 2.46. The highest BCUT2D eigenvalue weighted by atomic mass is 19.2. The highest BCUT2D eigenvalue weighted by molar-refractivity contribution is 6.43. The van der Waals surface area contributed by atoms with Gasteiger partial charge in [0.25, 0.3) is 0 Å². The Morgan fingerprint density at radius 1 is 0.929 bits per heavy atom. The van der Waals surface area contributed by atoms with Crippen LogP contribution in [0.1, 0.15) is 24.8 Å². The Hall–Kier alpha value is -3.29. The van der Waals surface area contributed by atoms with E-state index in [0.29, 0.717) is 24.3 Å². The maximum atomic E-state index is 13.2. The Morgan fingerprint density at radius 3 is 2.21 bits per heavy atom. The van der Waals surface area contributed by atoms with E-state index in [1.807, 2.05) is 6.92 Å². The van der Waals surface area contributed by atoms with E-state index in [0.717, 1.165) is 36.6 Å². The summed E-state index contributed by atoms with van der Waals surface area (Å²) >= 11 is 0. The standard InChI is InChI=1S/C20H19F2N3O3/c1-12-5-6-14(11-17(12)25-9-3-2-4-18(25)26)24-20(28)19(27)23-13-7-8-15(21)16(22)10-13/h5-8,10-11H,2-4,9H2,1H3,(H,23,27)(H,24,28). The molecule has 0 radical (unpaired) electrons. The van der Waals surface area contributed by atoms with E-state index in [2.05, 4.69) is 10.6 Å². The first-order chi connectivity index (χ1) is 13.3. The number of amides is 3. The number of benzene rings is 2. The molecule has 0 aliphatic carbocycles. The number of hydrogen-bond donors (Lipinski definition) is 2. The molecule has 3 amide bonds. The molecule has 0 saturated carbocycles. The SMILES string of the molecule is Cc1ccc(NC(=O)C(=O)Nc2ccc(F)c(F)c2)cc1N1CCCCC1=O. The topological polar surface area (TPSA) is 78.5 Å². The van der Waals surface area contributed by atoms with Gasteiger partial charge in [-0.3, -0.25) is 14.4 Å². The van der Waals surface area contributed by atoms with Crippen molar-refractivity contribution < 1.29 is 23.2 Å². The van der Waals surface area contributed by atoms with Crippen molar-refractivity contribution in [2.45, 2.75) is 26.2 Å². The second-order valence-electron chi connectivity index (χ2n) is 6.54. The zero-order chi connectivity index (χ0) is 20.3. The van der Waals surface area contributed by atoms with Crippen LogP contribution in [0.2, 0.25) is 0 Å². The van der Waals surface area contributed by atoms with Crippen LogP contribution >= 0.6 is 0 Å². The Labute approximate surface area is 160 Å². The highest BCUT2D eigenvalue weighted by Crippen LogP contribution is 2.27. The molecule has 1 aliphatic rings. The molecule has 0 aromatic heterocycles. The third kappa shape index (κ3) is 4.33. The summed E-state index contributed by atoms with van der Waals surface area (Å²) in [7, 11) is 0. The molecule has 2 aromatic carbocycles.